The second-order valence-electron chi connectivity index (χ2n) is 7.01. The number of rotatable bonds is 6. The lowest BCUT2D eigenvalue weighted by Gasteiger charge is -2.32. The van der Waals surface area contributed by atoms with Crippen molar-refractivity contribution in [3.8, 4) is 6.01 Å². The normalized spacial score (nSPS) is 18.4. The molecule has 2 aromatic rings. The lowest BCUT2D eigenvalue weighted by molar-refractivity contribution is -0.138. The van der Waals surface area contributed by atoms with Gasteiger partial charge >= 0.3 is 12.2 Å². The first kappa shape index (κ1) is 19.6. The number of benzene rings is 1. The van der Waals surface area contributed by atoms with Crippen LogP contribution in [0.3, 0.4) is 0 Å². The van der Waals surface area contributed by atoms with Gasteiger partial charge in [0.2, 0.25) is 0 Å². The highest BCUT2D eigenvalue weighted by molar-refractivity contribution is 5.29. The van der Waals surface area contributed by atoms with Crippen molar-refractivity contribution in [2.45, 2.75) is 38.4 Å². The highest BCUT2D eigenvalue weighted by Crippen LogP contribution is 2.33. The fraction of sp³-hybridized carbons (Fsp3) is 0.500. The Balaban J connectivity index is 1.56. The van der Waals surface area contributed by atoms with Gasteiger partial charge in [-0.25, -0.2) is 9.97 Å². The van der Waals surface area contributed by atoms with Crippen LogP contribution in [0, 0.1) is 5.92 Å². The maximum Gasteiger partial charge on any atom is 0.416 e. The van der Waals surface area contributed by atoms with Crippen LogP contribution in [0.1, 0.15) is 36.0 Å². The standard InChI is InChI=1S/C20H24F3N3O/c1-27-19-24-11-16(12-25-19)14-26-10-4-5-15(13-26)8-9-17-6-2-3-7-18(17)20(21,22)23/h2-3,6-7,11-12,15H,4-5,8-10,13-14H2,1H3/t15-/m0/s1. The average Bonchev–Trinajstić information content (AvgIpc) is 2.67. The Hall–Kier alpha value is -2.15. The van der Waals surface area contributed by atoms with Crippen LogP contribution < -0.4 is 4.74 Å². The molecule has 1 aromatic carbocycles. The smallest absolute Gasteiger partial charge is 0.416 e. The Morgan fingerprint density at radius 2 is 1.93 bits per heavy atom. The predicted molar refractivity (Wildman–Crippen MR) is 96.4 cm³/mol. The van der Waals surface area contributed by atoms with Gasteiger partial charge in [-0.3, -0.25) is 4.90 Å². The fourth-order valence-electron chi connectivity index (χ4n) is 3.69. The Bertz CT molecular complexity index is 734. The number of aromatic nitrogens is 2. The van der Waals surface area contributed by atoms with Crippen molar-refractivity contribution in [3.63, 3.8) is 0 Å². The molecule has 0 radical (unpaired) electrons. The molecule has 0 spiro atoms. The summed E-state index contributed by atoms with van der Waals surface area (Å²) in [6.07, 6.45) is 2.57. The number of aryl methyl sites for hydroxylation is 1. The van der Waals surface area contributed by atoms with E-state index in [4.69, 9.17) is 4.74 Å². The fourth-order valence-corrected chi connectivity index (χ4v) is 3.69. The third-order valence-corrected chi connectivity index (χ3v) is 5.02. The molecule has 1 aromatic heterocycles. The van der Waals surface area contributed by atoms with Crippen LogP contribution >= 0.6 is 0 Å². The second kappa shape index (κ2) is 8.69. The molecule has 1 aliphatic heterocycles. The van der Waals surface area contributed by atoms with Gasteiger partial charge in [0.15, 0.2) is 0 Å². The van der Waals surface area contributed by atoms with Crippen LogP contribution in [0.2, 0.25) is 0 Å². The summed E-state index contributed by atoms with van der Waals surface area (Å²) in [4.78, 5) is 10.6. The highest BCUT2D eigenvalue weighted by Gasteiger charge is 2.33. The van der Waals surface area contributed by atoms with E-state index in [2.05, 4.69) is 14.9 Å². The Morgan fingerprint density at radius 3 is 2.63 bits per heavy atom. The van der Waals surface area contributed by atoms with E-state index in [9.17, 15) is 13.2 Å². The van der Waals surface area contributed by atoms with Gasteiger partial charge in [-0.2, -0.15) is 13.2 Å². The molecule has 4 nitrogen and oxygen atoms in total. The zero-order chi connectivity index (χ0) is 19.3. The quantitative estimate of drug-likeness (QED) is 0.748. The van der Waals surface area contributed by atoms with E-state index in [-0.39, 0.29) is 0 Å². The van der Waals surface area contributed by atoms with Gasteiger partial charge in [0, 0.05) is 31.0 Å². The van der Waals surface area contributed by atoms with Crippen LogP contribution in [-0.4, -0.2) is 35.1 Å². The van der Waals surface area contributed by atoms with E-state index in [1.807, 2.05) is 0 Å². The SMILES string of the molecule is COc1ncc(CN2CCC[C@@H](CCc3ccccc3C(F)(F)F)C2)cn1. The molecule has 0 unspecified atom stereocenters. The Kier molecular flexibility index (Phi) is 6.31. The molecule has 1 atom stereocenters. The van der Waals surface area contributed by atoms with Crippen LogP contribution in [-0.2, 0) is 19.1 Å². The molecule has 1 fully saturated rings. The summed E-state index contributed by atoms with van der Waals surface area (Å²) < 4.78 is 44.4. The van der Waals surface area contributed by atoms with E-state index in [1.165, 1.54) is 19.2 Å². The number of piperidine rings is 1. The van der Waals surface area contributed by atoms with Crippen LogP contribution in [0.15, 0.2) is 36.7 Å². The van der Waals surface area contributed by atoms with Crippen molar-refractivity contribution in [1.29, 1.82) is 0 Å². The molecular weight excluding hydrogens is 355 g/mol. The number of hydrogen-bond acceptors (Lipinski definition) is 4. The highest BCUT2D eigenvalue weighted by atomic mass is 19.4. The maximum atomic E-state index is 13.1. The molecule has 0 saturated carbocycles. The predicted octanol–water partition coefficient (Wildman–Crippen LogP) is 4.35. The summed E-state index contributed by atoms with van der Waals surface area (Å²) in [6, 6.07) is 6.25. The molecule has 7 heteroatoms. The van der Waals surface area contributed by atoms with Crippen LogP contribution in [0.4, 0.5) is 13.2 Å². The Labute approximate surface area is 157 Å². The number of halogens is 3. The molecule has 0 amide bonds. The summed E-state index contributed by atoms with van der Waals surface area (Å²) in [5.41, 5.74) is 0.901. The molecule has 1 saturated heterocycles. The number of alkyl halides is 3. The monoisotopic (exact) mass is 379 g/mol. The molecule has 2 heterocycles. The number of ether oxygens (including phenoxy) is 1. The van der Waals surface area contributed by atoms with Gasteiger partial charge in [0.05, 0.1) is 12.7 Å². The molecule has 0 N–H and O–H groups in total. The van der Waals surface area contributed by atoms with Gasteiger partial charge in [-0.1, -0.05) is 18.2 Å². The first-order valence-corrected chi connectivity index (χ1v) is 9.18. The number of methoxy groups -OCH3 is 1. The van der Waals surface area contributed by atoms with E-state index in [0.29, 0.717) is 23.9 Å². The molecule has 146 valence electrons. The second-order valence-corrected chi connectivity index (χ2v) is 7.01. The lowest BCUT2D eigenvalue weighted by Crippen LogP contribution is -2.35. The van der Waals surface area contributed by atoms with Crippen molar-refractivity contribution >= 4 is 0 Å². The number of nitrogens with zero attached hydrogens (tertiary/aromatic N) is 3. The minimum atomic E-state index is -4.29. The maximum absolute atomic E-state index is 13.1. The average molecular weight is 379 g/mol. The van der Waals surface area contributed by atoms with E-state index >= 15 is 0 Å². The van der Waals surface area contributed by atoms with Gasteiger partial charge in [0.25, 0.3) is 0 Å². The largest absolute Gasteiger partial charge is 0.467 e. The third kappa shape index (κ3) is 5.42. The van der Waals surface area contributed by atoms with Crippen molar-refractivity contribution in [1.82, 2.24) is 14.9 Å². The lowest BCUT2D eigenvalue weighted by atomic mass is 9.90. The minimum Gasteiger partial charge on any atom is -0.467 e. The summed E-state index contributed by atoms with van der Waals surface area (Å²) >= 11 is 0. The molecule has 3 rings (SSSR count). The third-order valence-electron chi connectivity index (χ3n) is 5.02. The topological polar surface area (TPSA) is 38.2 Å². The van der Waals surface area contributed by atoms with Crippen molar-refractivity contribution in [2.24, 2.45) is 5.92 Å². The summed E-state index contributed by atoms with van der Waals surface area (Å²) in [7, 11) is 1.53. The van der Waals surface area contributed by atoms with Crippen molar-refractivity contribution in [2.75, 3.05) is 20.2 Å². The summed E-state index contributed by atoms with van der Waals surface area (Å²) in [5, 5.41) is 0. The summed E-state index contributed by atoms with van der Waals surface area (Å²) in [5.74, 6) is 0.402. The number of likely N-dealkylation sites (tertiary alicyclic amines) is 1. The van der Waals surface area contributed by atoms with E-state index < -0.39 is 11.7 Å². The van der Waals surface area contributed by atoms with E-state index in [1.54, 1.807) is 24.5 Å². The van der Waals surface area contributed by atoms with Crippen LogP contribution in [0.5, 0.6) is 6.01 Å². The van der Waals surface area contributed by atoms with Crippen molar-refractivity contribution in [3.05, 3.63) is 53.3 Å². The molecular formula is C20H24F3N3O. The minimum absolute atomic E-state index is 0.346. The first-order valence-electron chi connectivity index (χ1n) is 9.18. The zero-order valence-electron chi connectivity index (χ0n) is 15.4. The van der Waals surface area contributed by atoms with E-state index in [0.717, 1.165) is 44.5 Å². The molecule has 0 bridgehead atoms. The first-order chi connectivity index (χ1) is 13.0. The van der Waals surface area contributed by atoms with Gasteiger partial charge in [-0.05, 0) is 49.8 Å². The van der Waals surface area contributed by atoms with Crippen LogP contribution in [0.25, 0.3) is 0 Å². The summed E-state index contributed by atoms with van der Waals surface area (Å²) in [6.45, 7) is 2.63. The molecule has 27 heavy (non-hydrogen) atoms. The number of hydrogen-bond donors (Lipinski definition) is 0. The zero-order valence-corrected chi connectivity index (χ0v) is 15.4. The Morgan fingerprint density at radius 1 is 1.19 bits per heavy atom. The van der Waals surface area contributed by atoms with Crippen molar-refractivity contribution < 1.29 is 17.9 Å². The molecule has 0 aliphatic carbocycles. The van der Waals surface area contributed by atoms with Gasteiger partial charge in [-0.15, -0.1) is 0 Å². The molecule has 1 aliphatic rings. The van der Waals surface area contributed by atoms with Gasteiger partial charge in [0.1, 0.15) is 0 Å². The van der Waals surface area contributed by atoms with Gasteiger partial charge < -0.3 is 4.74 Å².